The molecule has 1 saturated heterocycles. The summed E-state index contributed by atoms with van der Waals surface area (Å²) in [5.41, 5.74) is 3.13. The molecule has 7 nitrogen and oxygen atoms in total. The van der Waals surface area contributed by atoms with Crippen molar-refractivity contribution in [2.45, 2.75) is 31.4 Å². The molecule has 1 aromatic heterocycles. The Morgan fingerprint density at radius 2 is 2.07 bits per heavy atom. The van der Waals surface area contributed by atoms with Gasteiger partial charge in [0.1, 0.15) is 6.10 Å². The number of pyridine rings is 1. The maximum atomic E-state index is 12.1. The van der Waals surface area contributed by atoms with Gasteiger partial charge in [0.05, 0.1) is 24.3 Å². The Hall–Kier alpha value is -3.40. The number of carbonyl (C=O) groups is 2. The van der Waals surface area contributed by atoms with Crippen molar-refractivity contribution in [3.8, 4) is 11.3 Å². The molecular formula is C21H20N4O3. The first-order valence-corrected chi connectivity index (χ1v) is 9.19. The van der Waals surface area contributed by atoms with Gasteiger partial charge in [-0.25, -0.2) is 11.4 Å². The van der Waals surface area contributed by atoms with Crippen LogP contribution in [0.2, 0.25) is 0 Å². The van der Waals surface area contributed by atoms with Crippen LogP contribution in [-0.4, -0.2) is 36.2 Å². The number of anilines is 1. The Kier molecular flexibility index (Phi) is 4.47. The van der Waals surface area contributed by atoms with Crippen LogP contribution in [0.3, 0.4) is 0 Å². The number of cyclic esters (lactones) is 1. The fourth-order valence-electron chi connectivity index (χ4n) is 3.33. The average molecular weight is 376 g/mol. The number of nitrogens with zero attached hydrogens (tertiary/aromatic N) is 3. The lowest BCUT2D eigenvalue weighted by Crippen LogP contribution is -2.33. The van der Waals surface area contributed by atoms with Crippen LogP contribution in [-0.2, 0) is 15.1 Å². The van der Waals surface area contributed by atoms with Crippen molar-refractivity contribution in [3.63, 3.8) is 0 Å². The molecule has 2 aliphatic rings. The van der Waals surface area contributed by atoms with E-state index in [-0.39, 0.29) is 17.6 Å². The molecule has 2 aromatic rings. The third-order valence-corrected chi connectivity index (χ3v) is 5.17. The lowest BCUT2D eigenvalue weighted by atomic mass is 10.1. The Morgan fingerprint density at radius 1 is 1.32 bits per heavy atom. The molecule has 0 bridgehead atoms. The molecule has 2 fully saturated rings. The van der Waals surface area contributed by atoms with E-state index in [0.717, 1.165) is 35.3 Å². The third kappa shape index (κ3) is 3.41. The van der Waals surface area contributed by atoms with Gasteiger partial charge in [-0.1, -0.05) is 12.1 Å². The van der Waals surface area contributed by atoms with Gasteiger partial charge in [-0.05, 0) is 24.3 Å². The lowest BCUT2D eigenvalue weighted by Gasteiger charge is -2.13. The van der Waals surface area contributed by atoms with E-state index in [9.17, 15) is 9.59 Å². The van der Waals surface area contributed by atoms with E-state index >= 15 is 0 Å². The number of hydrogen-bond donors (Lipinski definition) is 1. The van der Waals surface area contributed by atoms with Crippen LogP contribution < -0.4 is 10.2 Å². The first-order chi connectivity index (χ1) is 13.5. The summed E-state index contributed by atoms with van der Waals surface area (Å²) in [6.45, 7) is 9.47. The molecule has 1 N–H and O–H groups in total. The van der Waals surface area contributed by atoms with Crippen LogP contribution in [0, 0.1) is 6.57 Å². The molecule has 4 rings (SSSR count). The molecule has 1 aliphatic carbocycles. The van der Waals surface area contributed by atoms with Crippen molar-refractivity contribution in [2.24, 2.45) is 0 Å². The maximum absolute atomic E-state index is 12.1. The van der Waals surface area contributed by atoms with Crippen LogP contribution in [0.5, 0.6) is 0 Å². The van der Waals surface area contributed by atoms with Crippen LogP contribution in [0.25, 0.3) is 16.1 Å². The molecule has 1 aliphatic heterocycles. The van der Waals surface area contributed by atoms with E-state index in [0.29, 0.717) is 13.1 Å². The second-order valence-electron chi connectivity index (χ2n) is 7.18. The summed E-state index contributed by atoms with van der Waals surface area (Å²) >= 11 is 0. The maximum Gasteiger partial charge on any atom is 0.414 e. The van der Waals surface area contributed by atoms with Crippen molar-refractivity contribution in [1.29, 1.82) is 0 Å². The fourth-order valence-corrected chi connectivity index (χ4v) is 3.33. The fraction of sp³-hybridized carbons (Fsp3) is 0.333. The van der Waals surface area contributed by atoms with Crippen LogP contribution >= 0.6 is 0 Å². The van der Waals surface area contributed by atoms with E-state index in [2.05, 4.69) is 15.1 Å². The highest BCUT2D eigenvalue weighted by Gasteiger charge is 2.52. The highest BCUT2D eigenvalue weighted by molar-refractivity contribution is 5.90. The zero-order valence-electron chi connectivity index (χ0n) is 15.5. The summed E-state index contributed by atoms with van der Waals surface area (Å²) in [4.78, 5) is 32.9. The second kappa shape index (κ2) is 6.97. The first kappa shape index (κ1) is 18.0. The molecule has 0 spiro atoms. The molecule has 0 radical (unpaired) electrons. The van der Waals surface area contributed by atoms with Crippen LogP contribution in [0.15, 0.2) is 42.6 Å². The quantitative estimate of drug-likeness (QED) is 0.814. The number of hydrogen-bond acceptors (Lipinski definition) is 4. The van der Waals surface area contributed by atoms with Gasteiger partial charge in [-0.15, -0.1) is 0 Å². The van der Waals surface area contributed by atoms with Gasteiger partial charge in [0.25, 0.3) is 5.54 Å². The van der Waals surface area contributed by atoms with Crippen molar-refractivity contribution in [3.05, 3.63) is 59.6 Å². The summed E-state index contributed by atoms with van der Waals surface area (Å²) in [6, 6.07) is 11.4. The summed E-state index contributed by atoms with van der Waals surface area (Å²) < 4.78 is 5.29. The van der Waals surface area contributed by atoms with E-state index < -0.39 is 6.09 Å². The van der Waals surface area contributed by atoms with Gasteiger partial charge in [0.15, 0.2) is 0 Å². The molecule has 1 saturated carbocycles. The minimum absolute atomic E-state index is 0.152. The monoisotopic (exact) mass is 376 g/mol. The molecule has 142 valence electrons. The Labute approximate surface area is 163 Å². The predicted molar refractivity (Wildman–Crippen MR) is 103 cm³/mol. The molecule has 2 amide bonds. The van der Waals surface area contributed by atoms with E-state index in [4.69, 9.17) is 11.3 Å². The topological polar surface area (TPSA) is 75.9 Å². The second-order valence-corrected chi connectivity index (χ2v) is 7.18. The molecule has 0 unspecified atom stereocenters. The SMILES string of the molecule is [C-]#[N+]C1(c2ccc(-c3ccc(N4C[C@H](CNC(C)=O)OC4=O)cc3)nc2)CC1. The predicted octanol–water partition coefficient (Wildman–Crippen LogP) is 3.12. The third-order valence-electron chi connectivity index (χ3n) is 5.17. The molecular weight excluding hydrogens is 356 g/mol. The summed E-state index contributed by atoms with van der Waals surface area (Å²) in [7, 11) is 0. The number of benzene rings is 1. The molecule has 28 heavy (non-hydrogen) atoms. The highest BCUT2D eigenvalue weighted by atomic mass is 16.6. The van der Waals surface area contributed by atoms with Crippen molar-refractivity contribution >= 4 is 17.7 Å². The van der Waals surface area contributed by atoms with Crippen molar-refractivity contribution in [1.82, 2.24) is 10.3 Å². The van der Waals surface area contributed by atoms with Gasteiger partial charge in [-0.3, -0.25) is 14.7 Å². The number of rotatable bonds is 5. The van der Waals surface area contributed by atoms with E-state index in [1.54, 1.807) is 11.1 Å². The van der Waals surface area contributed by atoms with Crippen molar-refractivity contribution < 1.29 is 14.3 Å². The average Bonchev–Trinajstić information content (AvgIpc) is 3.43. The molecule has 1 atom stereocenters. The van der Waals surface area contributed by atoms with Gasteiger partial charge < -0.3 is 14.9 Å². The number of nitrogens with one attached hydrogen (secondary N) is 1. The van der Waals surface area contributed by atoms with Crippen LogP contribution in [0.1, 0.15) is 25.3 Å². The molecule has 2 heterocycles. The Balaban J connectivity index is 1.45. The molecule has 1 aromatic carbocycles. The van der Waals surface area contributed by atoms with E-state index in [1.165, 1.54) is 6.92 Å². The van der Waals surface area contributed by atoms with Gasteiger partial charge in [0, 0.05) is 37.2 Å². The van der Waals surface area contributed by atoms with E-state index in [1.807, 2.05) is 36.4 Å². The zero-order chi connectivity index (χ0) is 19.7. The minimum atomic E-state index is -0.417. The minimum Gasteiger partial charge on any atom is -0.442 e. The number of amides is 2. The number of aromatic nitrogens is 1. The van der Waals surface area contributed by atoms with Crippen molar-refractivity contribution in [2.75, 3.05) is 18.0 Å². The molecule has 7 heteroatoms. The summed E-state index contributed by atoms with van der Waals surface area (Å²) in [5.74, 6) is -0.152. The Morgan fingerprint density at radius 3 is 2.64 bits per heavy atom. The van der Waals surface area contributed by atoms with Gasteiger partial charge >= 0.3 is 6.09 Å². The van der Waals surface area contributed by atoms with Gasteiger partial charge in [-0.2, -0.15) is 0 Å². The van der Waals surface area contributed by atoms with Gasteiger partial charge in [0.2, 0.25) is 5.91 Å². The smallest absolute Gasteiger partial charge is 0.414 e. The van der Waals surface area contributed by atoms with Crippen LogP contribution in [0.4, 0.5) is 10.5 Å². The Bertz CT molecular complexity index is 943. The zero-order valence-corrected chi connectivity index (χ0v) is 15.5. The first-order valence-electron chi connectivity index (χ1n) is 9.19. The number of carbonyl (C=O) groups excluding carboxylic acids is 2. The number of ether oxygens (including phenoxy) is 1. The summed E-state index contributed by atoms with van der Waals surface area (Å²) in [6.07, 6.45) is 2.82. The standard InChI is InChI=1S/C21H20N4O3/c1-14(26)23-12-18-13-25(20(27)28-18)17-6-3-15(4-7-17)19-8-5-16(11-24-19)21(22-2)9-10-21/h3-8,11,18H,9-10,12-13H2,1H3,(H,23,26)/t18-/m0/s1. The largest absolute Gasteiger partial charge is 0.442 e. The lowest BCUT2D eigenvalue weighted by molar-refractivity contribution is -0.119. The summed E-state index contributed by atoms with van der Waals surface area (Å²) in [5, 5.41) is 2.66. The highest BCUT2D eigenvalue weighted by Crippen LogP contribution is 2.49. The normalized spacial score (nSPS) is 19.6.